The van der Waals surface area contributed by atoms with Crippen LogP contribution in [0.15, 0.2) is 0 Å². The Balaban J connectivity index is 4.83. The van der Waals surface area contributed by atoms with Crippen molar-refractivity contribution in [2.75, 3.05) is 18.8 Å². The Morgan fingerprint density at radius 2 is 1.82 bits per heavy atom. The summed E-state index contributed by atoms with van der Waals surface area (Å²) in [6.07, 6.45) is 0.246. The van der Waals surface area contributed by atoms with Crippen LogP contribution in [0.25, 0.3) is 0 Å². The normalized spacial score (nSPS) is 13.1. The number of nitrogens with zero attached hydrogens (tertiary/aromatic N) is 2. The van der Waals surface area contributed by atoms with Gasteiger partial charge in [0.15, 0.2) is 0 Å². The fourth-order valence-corrected chi connectivity index (χ4v) is 3.74. The fraction of sp³-hybridized carbons (Fsp3) is 0.917. The smallest absolute Gasteiger partial charge is 0.212 e. The van der Waals surface area contributed by atoms with E-state index in [4.69, 9.17) is 5.26 Å². The largest absolute Gasteiger partial charge is 0.214 e. The average Bonchev–Trinajstić information content (AvgIpc) is 2.07. The predicted octanol–water partition coefficient (Wildman–Crippen LogP) is 2.23. The maximum absolute atomic E-state index is 12.2. The molecule has 0 aromatic rings. The second kappa shape index (κ2) is 6.36. The van der Waals surface area contributed by atoms with Gasteiger partial charge < -0.3 is 0 Å². The summed E-state index contributed by atoms with van der Waals surface area (Å²) in [4.78, 5) is 0. The Kier molecular flexibility index (Phi) is 6.14. The van der Waals surface area contributed by atoms with Gasteiger partial charge in [0.25, 0.3) is 0 Å². The number of rotatable bonds is 6. The molecule has 100 valence electrons. The molecular formula is C12H24N2O2S. The lowest BCUT2D eigenvalue weighted by molar-refractivity contribution is 0.359. The van der Waals surface area contributed by atoms with Gasteiger partial charge in [-0.25, -0.2) is 12.7 Å². The molecule has 0 bridgehead atoms. The number of hydrogen-bond donors (Lipinski definition) is 0. The average molecular weight is 260 g/mol. The lowest BCUT2D eigenvalue weighted by Gasteiger charge is -2.27. The first kappa shape index (κ1) is 16.4. The van der Waals surface area contributed by atoms with Crippen molar-refractivity contribution in [3.8, 4) is 6.07 Å². The van der Waals surface area contributed by atoms with Crippen LogP contribution in [0.4, 0.5) is 0 Å². The minimum absolute atomic E-state index is 0.123. The molecule has 4 nitrogen and oxygen atoms in total. The Bertz CT molecular complexity index is 361. The van der Waals surface area contributed by atoms with E-state index in [1.54, 1.807) is 0 Å². The quantitative estimate of drug-likeness (QED) is 0.735. The molecular weight excluding hydrogens is 236 g/mol. The van der Waals surface area contributed by atoms with Gasteiger partial charge in [-0.15, -0.1) is 0 Å². The number of sulfonamides is 1. The van der Waals surface area contributed by atoms with Gasteiger partial charge in [0.2, 0.25) is 10.0 Å². The van der Waals surface area contributed by atoms with Crippen LogP contribution in [0.2, 0.25) is 0 Å². The zero-order valence-electron chi connectivity index (χ0n) is 11.5. The Morgan fingerprint density at radius 3 is 2.18 bits per heavy atom. The molecule has 0 fully saturated rings. The van der Waals surface area contributed by atoms with Crippen molar-refractivity contribution < 1.29 is 8.42 Å². The van der Waals surface area contributed by atoms with E-state index in [0.717, 1.165) is 0 Å². The van der Waals surface area contributed by atoms with Crippen LogP contribution in [0, 0.1) is 22.7 Å². The second-order valence-electron chi connectivity index (χ2n) is 5.98. The molecule has 0 aromatic heterocycles. The van der Waals surface area contributed by atoms with Crippen LogP contribution in [0.1, 0.15) is 41.0 Å². The zero-order valence-corrected chi connectivity index (χ0v) is 12.3. The summed E-state index contributed by atoms with van der Waals surface area (Å²) >= 11 is 0. The standard InChI is InChI=1S/C12H24N2O2S/c1-11(2)9-14(8-6-7-13)17(15,16)10-12(3,4)5/h11H,6,8-10H2,1-5H3. The first-order valence-electron chi connectivity index (χ1n) is 5.93. The van der Waals surface area contributed by atoms with Gasteiger partial charge in [-0.1, -0.05) is 34.6 Å². The highest BCUT2D eigenvalue weighted by Gasteiger charge is 2.28. The topological polar surface area (TPSA) is 61.2 Å². The third-order valence-electron chi connectivity index (χ3n) is 2.05. The molecule has 0 aliphatic heterocycles. The van der Waals surface area contributed by atoms with Crippen LogP contribution in [0.5, 0.6) is 0 Å². The molecule has 0 amide bonds. The van der Waals surface area contributed by atoms with Gasteiger partial charge in [0, 0.05) is 19.5 Å². The van der Waals surface area contributed by atoms with Crippen molar-refractivity contribution >= 4 is 10.0 Å². The summed E-state index contributed by atoms with van der Waals surface area (Å²) in [5, 5.41) is 8.58. The van der Waals surface area contributed by atoms with Gasteiger partial charge in [-0.3, -0.25) is 0 Å². The summed E-state index contributed by atoms with van der Waals surface area (Å²) in [5.74, 6) is 0.390. The molecule has 0 spiro atoms. The first-order chi connectivity index (χ1) is 7.58. The van der Waals surface area contributed by atoms with E-state index in [9.17, 15) is 8.42 Å². The van der Waals surface area contributed by atoms with Gasteiger partial charge >= 0.3 is 0 Å². The number of hydrogen-bond acceptors (Lipinski definition) is 3. The van der Waals surface area contributed by atoms with Crippen LogP contribution < -0.4 is 0 Å². The summed E-state index contributed by atoms with van der Waals surface area (Å²) in [6, 6.07) is 2.00. The summed E-state index contributed by atoms with van der Waals surface area (Å²) in [6.45, 7) is 10.5. The molecule has 0 aliphatic carbocycles. The molecule has 0 saturated carbocycles. The molecule has 0 N–H and O–H groups in total. The third kappa shape index (κ3) is 7.35. The minimum atomic E-state index is -3.27. The van der Waals surface area contributed by atoms with Crippen molar-refractivity contribution in [3.63, 3.8) is 0 Å². The molecule has 0 rings (SSSR count). The van der Waals surface area contributed by atoms with Gasteiger partial charge in [0.05, 0.1) is 11.8 Å². The van der Waals surface area contributed by atoms with Crippen molar-refractivity contribution in [3.05, 3.63) is 0 Å². The van der Waals surface area contributed by atoms with Crippen molar-refractivity contribution in [1.82, 2.24) is 4.31 Å². The van der Waals surface area contributed by atoms with Crippen LogP contribution in [-0.2, 0) is 10.0 Å². The minimum Gasteiger partial charge on any atom is -0.212 e. The van der Waals surface area contributed by atoms with Crippen molar-refractivity contribution in [2.45, 2.75) is 41.0 Å². The highest BCUT2D eigenvalue weighted by Crippen LogP contribution is 2.19. The van der Waals surface area contributed by atoms with E-state index >= 15 is 0 Å². The Morgan fingerprint density at radius 1 is 1.29 bits per heavy atom. The Hall–Kier alpha value is -0.600. The van der Waals surface area contributed by atoms with Crippen LogP contribution in [0.3, 0.4) is 0 Å². The van der Waals surface area contributed by atoms with Crippen LogP contribution in [-0.4, -0.2) is 31.6 Å². The first-order valence-corrected chi connectivity index (χ1v) is 7.54. The molecule has 0 aliphatic rings. The maximum Gasteiger partial charge on any atom is 0.214 e. The van der Waals surface area contributed by atoms with Crippen molar-refractivity contribution in [1.29, 1.82) is 5.26 Å². The highest BCUT2D eigenvalue weighted by molar-refractivity contribution is 7.89. The van der Waals surface area contributed by atoms with E-state index < -0.39 is 10.0 Å². The molecule has 0 aromatic carbocycles. The molecule has 0 saturated heterocycles. The number of nitriles is 1. The lowest BCUT2D eigenvalue weighted by atomic mass is 10.0. The highest BCUT2D eigenvalue weighted by atomic mass is 32.2. The van der Waals surface area contributed by atoms with E-state index in [1.165, 1.54) is 4.31 Å². The van der Waals surface area contributed by atoms with E-state index in [1.807, 2.05) is 40.7 Å². The molecule has 0 radical (unpaired) electrons. The predicted molar refractivity (Wildman–Crippen MR) is 69.9 cm³/mol. The molecule has 0 unspecified atom stereocenters. The van der Waals surface area contributed by atoms with E-state index in [2.05, 4.69) is 0 Å². The second-order valence-corrected chi connectivity index (χ2v) is 7.95. The van der Waals surface area contributed by atoms with Gasteiger partial charge in [-0.2, -0.15) is 5.26 Å². The summed E-state index contributed by atoms with van der Waals surface area (Å²) in [7, 11) is -3.27. The van der Waals surface area contributed by atoms with E-state index in [-0.39, 0.29) is 23.5 Å². The fourth-order valence-electron chi connectivity index (χ4n) is 1.56. The molecule has 17 heavy (non-hydrogen) atoms. The molecule has 0 atom stereocenters. The maximum atomic E-state index is 12.2. The zero-order chi connectivity index (χ0) is 13.7. The third-order valence-corrected chi connectivity index (χ3v) is 4.40. The van der Waals surface area contributed by atoms with Crippen LogP contribution >= 0.6 is 0 Å². The molecule has 0 heterocycles. The summed E-state index contributed by atoms with van der Waals surface area (Å²) < 4.78 is 25.9. The van der Waals surface area contributed by atoms with E-state index in [0.29, 0.717) is 13.1 Å². The monoisotopic (exact) mass is 260 g/mol. The Labute approximate surface area is 106 Å². The lowest BCUT2D eigenvalue weighted by Crippen LogP contribution is -2.39. The molecule has 5 heteroatoms. The van der Waals surface area contributed by atoms with Gasteiger partial charge in [0.1, 0.15) is 0 Å². The SMILES string of the molecule is CC(C)CN(CCC#N)S(=O)(=O)CC(C)(C)C. The van der Waals surface area contributed by atoms with Gasteiger partial charge in [-0.05, 0) is 11.3 Å². The van der Waals surface area contributed by atoms with Crippen molar-refractivity contribution in [2.24, 2.45) is 11.3 Å². The summed E-state index contributed by atoms with van der Waals surface area (Å²) in [5.41, 5.74) is -0.263.